The van der Waals surface area contributed by atoms with E-state index in [0.717, 1.165) is 27.8 Å². The number of aryl methyl sites for hydroxylation is 4. The maximum absolute atomic E-state index is 4.69. The summed E-state index contributed by atoms with van der Waals surface area (Å²) in [5.74, 6) is 0.509. The lowest BCUT2D eigenvalue weighted by molar-refractivity contribution is 1.03. The normalized spacial score (nSPS) is 11.0. The van der Waals surface area contributed by atoms with Gasteiger partial charge in [-0.2, -0.15) is 0 Å². The molecule has 0 aliphatic rings. The van der Waals surface area contributed by atoms with Gasteiger partial charge in [0.05, 0.1) is 5.52 Å². The van der Waals surface area contributed by atoms with Crippen molar-refractivity contribution in [3.05, 3.63) is 76.9 Å². The lowest BCUT2D eigenvalue weighted by Crippen LogP contribution is -2.01. The van der Waals surface area contributed by atoms with E-state index in [-0.39, 0.29) is 0 Å². The van der Waals surface area contributed by atoms with E-state index in [1.807, 2.05) is 12.1 Å². The summed E-state index contributed by atoms with van der Waals surface area (Å²) in [5, 5.41) is 11.9. The second-order valence-electron chi connectivity index (χ2n) is 7.05. The highest BCUT2D eigenvalue weighted by atomic mass is 15.2. The van der Waals surface area contributed by atoms with Gasteiger partial charge in [0.1, 0.15) is 5.52 Å². The molecule has 0 spiro atoms. The molecular weight excluding hydrogens is 332 g/mol. The lowest BCUT2D eigenvalue weighted by atomic mass is 9.94. The van der Waals surface area contributed by atoms with Crippen LogP contribution >= 0.6 is 0 Å². The van der Waals surface area contributed by atoms with Crippen LogP contribution in [0.25, 0.3) is 22.2 Å². The number of benzene rings is 3. The fraction of sp³-hybridized carbons (Fsp3) is 0.174. The molecule has 27 heavy (non-hydrogen) atoms. The SMILES string of the molecule is Cc1ccc(Nc2nnc3cc(-c4c(C)cccc4C)cc(C)c3n2)cc1. The van der Waals surface area contributed by atoms with Gasteiger partial charge in [0.2, 0.25) is 5.95 Å². The van der Waals surface area contributed by atoms with E-state index in [0.29, 0.717) is 5.95 Å². The van der Waals surface area contributed by atoms with E-state index >= 15 is 0 Å². The molecule has 1 heterocycles. The zero-order valence-corrected chi connectivity index (χ0v) is 16.0. The van der Waals surface area contributed by atoms with Gasteiger partial charge in [0.15, 0.2) is 0 Å². The Hall–Kier alpha value is -3.27. The Balaban J connectivity index is 1.75. The first-order chi connectivity index (χ1) is 13.0. The van der Waals surface area contributed by atoms with Crippen molar-refractivity contribution < 1.29 is 0 Å². The molecule has 0 aliphatic heterocycles. The number of nitrogens with one attached hydrogen (secondary N) is 1. The molecule has 4 rings (SSSR count). The number of anilines is 2. The van der Waals surface area contributed by atoms with E-state index in [9.17, 15) is 0 Å². The summed E-state index contributed by atoms with van der Waals surface area (Å²) in [6.07, 6.45) is 0. The fourth-order valence-electron chi connectivity index (χ4n) is 3.45. The van der Waals surface area contributed by atoms with Gasteiger partial charge in [-0.1, -0.05) is 35.9 Å². The quantitative estimate of drug-likeness (QED) is 0.515. The highest BCUT2D eigenvalue weighted by molar-refractivity contribution is 5.86. The van der Waals surface area contributed by atoms with Gasteiger partial charge in [-0.3, -0.25) is 0 Å². The molecule has 0 amide bonds. The van der Waals surface area contributed by atoms with Crippen LogP contribution in [0, 0.1) is 27.7 Å². The molecule has 0 fully saturated rings. The van der Waals surface area contributed by atoms with Crippen LogP contribution < -0.4 is 5.32 Å². The van der Waals surface area contributed by atoms with Gasteiger partial charge in [-0.25, -0.2) is 4.98 Å². The van der Waals surface area contributed by atoms with Crippen LogP contribution in [0.15, 0.2) is 54.6 Å². The van der Waals surface area contributed by atoms with E-state index in [2.05, 4.69) is 90.7 Å². The second kappa shape index (κ2) is 6.80. The Morgan fingerprint density at radius 2 is 1.44 bits per heavy atom. The van der Waals surface area contributed by atoms with Crippen LogP contribution in [0.4, 0.5) is 11.6 Å². The van der Waals surface area contributed by atoms with Crippen LogP contribution in [0.2, 0.25) is 0 Å². The number of hydrogen-bond acceptors (Lipinski definition) is 4. The molecule has 4 nitrogen and oxygen atoms in total. The average molecular weight is 354 g/mol. The molecule has 0 atom stereocenters. The Labute approximate surface area is 159 Å². The highest BCUT2D eigenvalue weighted by Gasteiger charge is 2.11. The number of nitrogens with zero attached hydrogens (tertiary/aromatic N) is 3. The van der Waals surface area contributed by atoms with Crippen molar-refractivity contribution in [2.24, 2.45) is 0 Å². The van der Waals surface area contributed by atoms with Gasteiger partial charge < -0.3 is 5.32 Å². The second-order valence-corrected chi connectivity index (χ2v) is 7.05. The molecule has 3 aromatic carbocycles. The van der Waals surface area contributed by atoms with Crippen molar-refractivity contribution in [1.29, 1.82) is 0 Å². The third-order valence-electron chi connectivity index (χ3n) is 4.83. The van der Waals surface area contributed by atoms with Crippen molar-refractivity contribution in [1.82, 2.24) is 15.2 Å². The van der Waals surface area contributed by atoms with Crippen LogP contribution in [0.1, 0.15) is 22.3 Å². The summed E-state index contributed by atoms with van der Waals surface area (Å²) in [5.41, 5.74) is 9.86. The minimum atomic E-state index is 0.509. The van der Waals surface area contributed by atoms with E-state index in [1.165, 1.54) is 22.3 Å². The molecule has 4 aromatic rings. The van der Waals surface area contributed by atoms with Gasteiger partial charge in [0.25, 0.3) is 0 Å². The molecule has 0 aliphatic carbocycles. The predicted molar refractivity (Wildman–Crippen MR) is 111 cm³/mol. The van der Waals surface area contributed by atoms with E-state index in [4.69, 9.17) is 0 Å². The first-order valence-electron chi connectivity index (χ1n) is 9.06. The zero-order chi connectivity index (χ0) is 19.0. The summed E-state index contributed by atoms with van der Waals surface area (Å²) in [7, 11) is 0. The van der Waals surface area contributed by atoms with Crippen molar-refractivity contribution in [2.75, 3.05) is 5.32 Å². The Morgan fingerprint density at radius 3 is 2.15 bits per heavy atom. The summed E-state index contributed by atoms with van der Waals surface area (Å²) in [6, 6.07) is 18.8. The number of hydrogen-bond donors (Lipinski definition) is 1. The highest BCUT2D eigenvalue weighted by Crippen LogP contribution is 2.30. The standard InChI is InChI=1S/C23H22N4/c1-14-8-10-19(11-9-14)24-23-25-22-17(4)12-18(13-20(22)26-27-23)21-15(2)6-5-7-16(21)3/h5-13H,1-4H3,(H,24,25,27). The lowest BCUT2D eigenvalue weighted by Gasteiger charge is -2.12. The summed E-state index contributed by atoms with van der Waals surface area (Å²) in [4.78, 5) is 4.69. The van der Waals surface area contributed by atoms with Gasteiger partial charge in [0, 0.05) is 5.69 Å². The zero-order valence-electron chi connectivity index (χ0n) is 16.0. The van der Waals surface area contributed by atoms with Crippen LogP contribution in [-0.4, -0.2) is 15.2 Å². The fourth-order valence-corrected chi connectivity index (χ4v) is 3.45. The first kappa shape index (κ1) is 17.2. The molecule has 0 bridgehead atoms. The molecule has 134 valence electrons. The smallest absolute Gasteiger partial charge is 0.247 e. The number of fused-ring (bicyclic) bond motifs is 1. The Morgan fingerprint density at radius 1 is 0.741 bits per heavy atom. The van der Waals surface area contributed by atoms with E-state index < -0.39 is 0 Å². The van der Waals surface area contributed by atoms with Crippen molar-refractivity contribution in [3.8, 4) is 11.1 Å². The molecular formula is C23H22N4. The molecule has 1 N–H and O–H groups in total. The van der Waals surface area contributed by atoms with Crippen molar-refractivity contribution >= 4 is 22.7 Å². The Bertz CT molecular complexity index is 1110. The minimum Gasteiger partial charge on any atom is -0.323 e. The molecule has 4 heteroatoms. The van der Waals surface area contributed by atoms with Crippen molar-refractivity contribution in [2.45, 2.75) is 27.7 Å². The molecule has 0 radical (unpaired) electrons. The van der Waals surface area contributed by atoms with E-state index in [1.54, 1.807) is 0 Å². The number of aromatic nitrogens is 3. The third kappa shape index (κ3) is 3.38. The summed E-state index contributed by atoms with van der Waals surface area (Å²) < 4.78 is 0. The summed E-state index contributed by atoms with van der Waals surface area (Å²) in [6.45, 7) is 8.42. The first-order valence-corrected chi connectivity index (χ1v) is 9.06. The topological polar surface area (TPSA) is 50.7 Å². The maximum atomic E-state index is 4.69. The van der Waals surface area contributed by atoms with Crippen LogP contribution in [0.5, 0.6) is 0 Å². The largest absolute Gasteiger partial charge is 0.323 e. The van der Waals surface area contributed by atoms with Crippen LogP contribution in [0.3, 0.4) is 0 Å². The average Bonchev–Trinajstić information content (AvgIpc) is 2.64. The summed E-state index contributed by atoms with van der Waals surface area (Å²) >= 11 is 0. The van der Waals surface area contributed by atoms with Gasteiger partial charge in [-0.15, -0.1) is 10.2 Å². The maximum Gasteiger partial charge on any atom is 0.247 e. The van der Waals surface area contributed by atoms with Gasteiger partial charge in [-0.05, 0) is 79.8 Å². The molecule has 1 aromatic heterocycles. The minimum absolute atomic E-state index is 0.509. The Kier molecular flexibility index (Phi) is 4.32. The van der Waals surface area contributed by atoms with Crippen molar-refractivity contribution in [3.63, 3.8) is 0 Å². The molecule has 0 saturated heterocycles. The van der Waals surface area contributed by atoms with Crippen LogP contribution in [-0.2, 0) is 0 Å². The number of rotatable bonds is 3. The predicted octanol–water partition coefficient (Wildman–Crippen LogP) is 5.67. The monoisotopic (exact) mass is 354 g/mol. The van der Waals surface area contributed by atoms with Gasteiger partial charge >= 0.3 is 0 Å². The molecule has 0 saturated carbocycles. The molecule has 0 unspecified atom stereocenters. The third-order valence-corrected chi connectivity index (χ3v) is 4.83.